The minimum Gasteiger partial charge on any atom is -0.382 e. The molecule has 0 fully saturated rings. The molecule has 1 N–H and O–H groups in total. The standard InChI is InChI=1S/C15H19Br2N3O/c1-10-8-11(4-5-12(10)16)15(21)14-13(17)9-18-20(14)7-6-19(2)3/h4-5,8-9,15,21H,6-7H2,1-3H3. The van der Waals surface area contributed by atoms with Crippen molar-refractivity contribution in [2.24, 2.45) is 0 Å². The van der Waals surface area contributed by atoms with Crippen molar-refractivity contribution in [3.8, 4) is 0 Å². The Morgan fingerprint density at radius 1 is 1.29 bits per heavy atom. The lowest BCUT2D eigenvalue weighted by Crippen LogP contribution is -2.21. The predicted molar refractivity (Wildman–Crippen MR) is 91.4 cm³/mol. The zero-order valence-corrected chi connectivity index (χ0v) is 15.5. The van der Waals surface area contributed by atoms with Crippen LogP contribution in [-0.4, -0.2) is 40.4 Å². The smallest absolute Gasteiger partial charge is 0.122 e. The number of benzene rings is 1. The van der Waals surface area contributed by atoms with Crippen molar-refractivity contribution in [2.45, 2.75) is 19.6 Å². The third-order valence-electron chi connectivity index (χ3n) is 3.35. The van der Waals surface area contributed by atoms with E-state index in [1.54, 1.807) is 6.20 Å². The van der Waals surface area contributed by atoms with Gasteiger partial charge in [0, 0.05) is 11.0 Å². The monoisotopic (exact) mass is 415 g/mol. The quantitative estimate of drug-likeness (QED) is 0.812. The molecule has 0 saturated heterocycles. The summed E-state index contributed by atoms with van der Waals surface area (Å²) in [7, 11) is 4.04. The molecule has 2 aromatic rings. The first-order chi connectivity index (χ1) is 9.90. The Bertz CT molecular complexity index is 625. The van der Waals surface area contributed by atoms with Crippen LogP contribution in [0, 0.1) is 6.92 Å². The van der Waals surface area contributed by atoms with Crippen LogP contribution in [0.5, 0.6) is 0 Å². The van der Waals surface area contributed by atoms with Gasteiger partial charge in [-0.1, -0.05) is 28.1 Å². The molecule has 6 heteroatoms. The number of aliphatic hydroxyl groups excluding tert-OH is 1. The van der Waals surface area contributed by atoms with Gasteiger partial charge < -0.3 is 10.0 Å². The molecule has 0 saturated carbocycles. The number of aryl methyl sites for hydroxylation is 1. The first-order valence-corrected chi connectivity index (χ1v) is 8.28. The van der Waals surface area contributed by atoms with E-state index in [4.69, 9.17) is 0 Å². The van der Waals surface area contributed by atoms with E-state index in [-0.39, 0.29) is 0 Å². The largest absolute Gasteiger partial charge is 0.382 e. The van der Waals surface area contributed by atoms with Gasteiger partial charge in [-0.25, -0.2) is 0 Å². The van der Waals surface area contributed by atoms with Crippen molar-refractivity contribution in [3.05, 3.63) is 50.2 Å². The molecule has 114 valence electrons. The fraction of sp³-hybridized carbons (Fsp3) is 0.400. The highest BCUT2D eigenvalue weighted by atomic mass is 79.9. The summed E-state index contributed by atoms with van der Waals surface area (Å²) in [6.45, 7) is 3.62. The summed E-state index contributed by atoms with van der Waals surface area (Å²) in [5.41, 5.74) is 2.75. The van der Waals surface area contributed by atoms with E-state index in [0.717, 1.165) is 38.9 Å². The van der Waals surface area contributed by atoms with Crippen LogP contribution in [0.15, 0.2) is 33.3 Å². The van der Waals surface area contributed by atoms with E-state index in [1.807, 2.05) is 43.9 Å². The van der Waals surface area contributed by atoms with Gasteiger partial charge in [-0.15, -0.1) is 0 Å². The van der Waals surface area contributed by atoms with Gasteiger partial charge in [-0.2, -0.15) is 5.10 Å². The number of hydrogen-bond acceptors (Lipinski definition) is 3. The van der Waals surface area contributed by atoms with Crippen LogP contribution in [0.1, 0.15) is 22.9 Å². The number of halogens is 2. The van der Waals surface area contributed by atoms with Crippen molar-refractivity contribution in [1.82, 2.24) is 14.7 Å². The third-order valence-corrected chi connectivity index (χ3v) is 4.85. The van der Waals surface area contributed by atoms with Gasteiger partial charge in [-0.3, -0.25) is 4.68 Å². The maximum absolute atomic E-state index is 10.7. The van der Waals surface area contributed by atoms with E-state index >= 15 is 0 Å². The summed E-state index contributed by atoms with van der Waals surface area (Å²) in [6, 6.07) is 5.88. The van der Waals surface area contributed by atoms with Crippen LogP contribution < -0.4 is 0 Å². The molecule has 0 aliphatic heterocycles. The number of aromatic nitrogens is 2. The van der Waals surface area contributed by atoms with Crippen LogP contribution in [-0.2, 0) is 6.54 Å². The van der Waals surface area contributed by atoms with Crippen molar-refractivity contribution in [2.75, 3.05) is 20.6 Å². The number of likely N-dealkylation sites (N-methyl/N-ethyl adjacent to an activating group) is 1. The minimum absolute atomic E-state index is 0.698. The van der Waals surface area contributed by atoms with E-state index in [0.29, 0.717) is 0 Å². The molecular weight excluding hydrogens is 398 g/mol. The van der Waals surface area contributed by atoms with Gasteiger partial charge in [0.05, 0.1) is 22.9 Å². The summed E-state index contributed by atoms with van der Waals surface area (Å²) in [5, 5.41) is 15.1. The Labute approximate surface area is 142 Å². The molecule has 1 unspecified atom stereocenters. The first kappa shape index (κ1) is 16.7. The number of hydrogen-bond donors (Lipinski definition) is 1. The molecule has 1 heterocycles. The highest BCUT2D eigenvalue weighted by Crippen LogP contribution is 2.30. The normalized spacial score (nSPS) is 12.9. The summed E-state index contributed by atoms with van der Waals surface area (Å²) in [6.07, 6.45) is 1.04. The minimum atomic E-state index is -0.698. The van der Waals surface area contributed by atoms with E-state index < -0.39 is 6.10 Å². The SMILES string of the molecule is Cc1cc(C(O)c2c(Br)cnn2CCN(C)C)ccc1Br. The molecule has 4 nitrogen and oxygen atoms in total. The van der Waals surface area contributed by atoms with Gasteiger partial charge in [0.1, 0.15) is 6.10 Å². The van der Waals surface area contributed by atoms with Crippen molar-refractivity contribution < 1.29 is 5.11 Å². The molecule has 0 bridgehead atoms. The highest BCUT2D eigenvalue weighted by Gasteiger charge is 2.20. The number of rotatable bonds is 5. The third kappa shape index (κ3) is 3.94. The van der Waals surface area contributed by atoms with E-state index in [2.05, 4.69) is 41.9 Å². The average molecular weight is 417 g/mol. The zero-order valence-electron chi connectivity index (χ0n) is 12.3. The van der Waals surface area contributed by atoms with Gasteiger partial charge in [-0.05, 0) is 54.1 Å². The lowest BCUT2D eigenvalue weighted by Gasteiger charge is -2.17. The van der Waals surface area contributed by atoms with E-state index in [1.165, 1.54) is 0 Å². The zero-order chi connectivity index (χ0) is 15.6. The van der Waals surface area contributed by atoms with E-state index in [9.17, 15) is 5.11 Å². The number of aliphatic hydroxyl groups is 1. The van der Waals surface area contributed by atoms with Gasteiger partial charge >= 0.3 is 0 Å². The first-order valence-electron chi connectivity index (χ1n) is 6.70. The van der Waals surface area contributed by atoms with Gasteiger partial charge in [0.15, 0.2) is 0 Å². The Hall–Kier alpha value is -0.690. The molecular formula is C15H19Br2N3O. The average Bonchev–Trinajstić information content (AvgIpc) is 2.80. The van der Waals surface area contributed by atoms with Crippen LogP contribution in [0.4, 0.5) is 0 Å². The Morgan fingerprint density at radius 3 is 2.62 bits per heavy atom. The maximum Gasteiger partial charge on any atom is 0.122 e. The second kappa shape index (κ2) is 7.05. The molecule has 0 radical (unpaired) electrons. The lowest BCUT2D eigenvalue weighted by molar-refractivity contribution is 0.204. The van der Waals surface area contributed by atoms with Crippen LogP contribution in [0.25, 0.3) is 0 Å². The fourth-order valence-corrected chi connectivity index (χ4v) is 2.87. The second-order valence-corrected chi connectivity index (χ2v) is 7.02. The fourth-order valence-electron chi connectivity index (χ4n) is 2.11. The van der Waals surface area contributed by atoms with Crippen LogP contribution in [0.2, 0.25) is 0 Å². The summed E-state index contributed by atoms with van der Waals surface area (Å²) in [4.78, 5) is 2.09. The van der Waals surface area contributed by atoms with Gasteiger partial charge in [0.25, 0.3) is 0 Å². The highest BCUT2D eigenvalue weighted by molar-refractivity contribution is 9.10. The Kier molecular flexibility index (Phi) is 5.60. The van der Waals surface area contributed by atoms with Crippen molar-refractivity contribution in [1.29, 1.82) is 0 Å². The van der Waals surface area contributed by atoms with Crippen molar-refractivity contribution in [3.63, 3.8) is 0 Å². The molecule has 2 rings (SSSR count). The predicted octanol–water partition coefficient (Wildman–Crippen LogP) is 3.36. The molecule has 1 aromatic carbocycles. The topological polar surface area (TPSA) is 41.3 Å². The molecule has 1 atom stereocenters. The molecule has 0 spiro atoms. The summed E-state index contributed by atoms with van der Waals surface area (Å²) < 4.78 is 3.72. The maximum atomic E-state index is 10.7. The molecule has 0 aliphatic rings. The summed E-state index contributed by atoms with van der Waals surface area (Å²) >= 11 is 6.97. The molecule has 0 aliphatic carbocycles. The molecule has 1 aromatic heterocycles. The van der Waals surface area contributed by atoms with Crippen molar-refractivity contribution >= 4 is 31.9 Å². The Morgan fingerprint density at radius 2 is 2.00 bits per heavy atom. The second-order valence-electron chi connectivity index (χ2n) is 5.32. The molecule has 0 amide bonds. The Balaban J connectivity index is 2.31. The molecule has 21 heavy (non-hydrogen) atoms. The number of nitrogens with zero attached hydrogens (tertiary/aromatic N) is 3. The van der Waals surface area contributed by atoms with Crippen LogP contribution >= 0.6 is 31.9 Å². The van der Waals surface area contributed by atoms with Gasteiger partial charge in [0.2, 0.25) is 0 Å². The summed E-state index contributed by atoms with van der Waals surface area (Å²) in [5.74, 6) is 0. The van der Waals surface area contributed by atoms with Crippen LogP contribution in [0.3, 0.4) is 0 Å². The lowest BCUT2D eigenvalue weighted by atomic mass is 10.0.